The van der Waals surface area contributed by atoms with Crippen LogP contribution in [0.4, 0.5) is 0 Å². The smallest absolute Gasteiger partial charge is 0.262 e. The molecular formula is C13H13Cl2N3O. The molecule has 2 heterocycles. The van der Waals surface area contributed by atoms with Crippen molar-refractivity contribution in [2.45, 2.75) is 13.0 Å². The highest BCUT2D eigenvalue weighted by Crippen LogP contribution is 2.18. The summed E-state index contributed by atoms with van der Waals surface area (Å²) in [5.74, 6) is 0.432. The van der Waals surface area contributed by atoms with E-state index in [1.807, 2.05) is 0 Å². The molecule has 6 heteroatoms. The monoisotopic (exact) mass is 297 g/mol. The van der Waals surface area contributed by atoms with Gasteiger partial charge in [0.25, 0.3) is 5.56 Å². The van der Waals surface area contributed by atoms with Crippen molar-refractivity contribution in [3.8, 4) is 0 Å². The number of halogens is 2. The van der Waals surface area contributed by atoms with E-state index in [0.29, 0.717) is 28.4 Å². The van der Waals surface area contributed by atoms with E-state index in [1.54, 1.807) is 22.8 Å². The highest BCUT2D eigenvalue weighted by Gasteiger charge is 2.18. The molecule has 1 N–H and O–H groups in total. The first-order valence-electron chi connectivity index (χ1n) is 6.21. The second-order valence-corrected chi connectivity index (χ2v) is 5.59. The highest BCUT2D eigenvalue weighted by atomic mass is 35.5. The summed E-state index contributed by atoms with van der Waals surface area (Å²) in [6.45, 7) is 2.52. The van der Waals surface area contributed by atoms with Gasteiger partial charge in [-0.15, -0.1) is 0 Å². The maximum Gasteiger partial charge on any atom is 0.262 e. The zero-order valence-electron chi connectivity index (χ0n) is 10.2. The molecule has 0 aliphatic carbocycles. The summed E-state index contributed by atoms with van der Waals surface area (Å²) in [6.07, 6.45) is 1.06. The van der Waals surface area contributed by atoms with Crippen LogP contribution < -0.4 is 10.9 Å². The van der Waals surface area contributed by atoms with Crippen LogP contribution in [-0.4, -0.2) is 22.6 Å². The maximum absolute atomic E-state index is 12.4. The predicted molar refractivity (Wildman–Crippen MR) is 77.0 cm³/mol. The number of nitrogens with one attached hydrogen (secondary N) is 1. The molecule has 1 aromatic carbocycles. The van der Waals surface area contributed by atoms with Crippen molar-refractivity contribution in [3.05, 3.63) is 38.9 Å². The van der Waals surface area contributed by atoms with E-state index in [-0.39, 0.29) is 10.8 Å². The SMILES string of the molecule is O=c1c2ccc(Cl)cc2nc(Cl)n1CC1CCNC1. The van der Waals surface area contributed by atoms with E-state index in [2.05, 4.69) is 10.3 Å². The summed E-state index contributed by atoms with van der Waals surface area (Å²) in [5.41, 5.74) is 0.446. The molecule has 3 rings (SSSR count). The second-order valence-electron chi connectivity index (χ2n) is 4.82. The van der Waals surface area contributed by atoms with Crippen molar-refractivity contribution in [2.75, 3.05) is 13.1 Å². The van der Waals surface area contributed by atoms with Crippen LogP contribution in [0.3, 0.4) is 0 Å². The van der Waals surface area contributed by atoms with Gasteiger partial charge in [0.05, 0.1) is 10.9 Å². The molecule has 0 bridgehead atoms. The lowest BCUT2D eigenvalue weighted by Gasteiger charge is -2.13. The van der Waals surface area contributed by atoms with Crippen LogP contribution in [-0.2, 0) is 6.54 Å². The average molecular weight is 298 g/mol. The summed E-state index contributed by atoms with van der Waals surface area (Å²) in [5, 5.41) is 4.61. The molecule has 1 aliphatic heterocycles. The highest BCUT2D eigenvalue weighted by molar-refractivity contribution is 6.31. The van der Waals surface area contributed by atoms with Crippen LogP contribution in [0.2, 0.25) is 10.3 Å². The minimum atomic E-state index is -0.0985. The van der Waals surface area contributed by atoms with Gasteiger partial charge in [0.15, 0.2) is 0 Å². The zero-order chi connectivity index (χ0) is 13.4. The van der Waals surface area contributed by atoms with Gasteiger partial charge >= 0.3 is 0 Å². The Labute approximate surface area is 120 Å². The quantitative estimate of drug-likeness (QED) is 0.866. The standard InChI is InChI=1S/C13H13Cl2N3O/c14-9-1-2-10-11(5-9)17-13(15)18(12(10)19)7-8-3-4-16-6-8/h1-2,5,8,16H,3-4,6-7H2. The molecule has 4 nitrogen and oxygen atoms in total. The van der Waals surface area contributed by atoms with Gasteiger partial charge in [-0.2, -0.15) is 0 Å². The first-order chi connectivity index (χ1) is 9.15. The fourth-order valence-corrected chi connectivity index (χ4v) is 2.86. The van der Waals surface area contributed by atoms with Crippen LogP contribution in [0.5, 0.6) is 0 Å². The Kier molecular flexibility index (Phi) is 3.48. The minimum absolute atomic E-state index is 0.0985. The second kappa shape index (κ2) is 5.12. The molecule has 2 aromatic rings. The van der Waals surface area contributed by atoms with Crippen LogP contribution >= 0.6 is 23.2 Å². The predicted octanol–water partition coefficient (Wildman–Crippen LogP) is 2.31. The Balaban J connectivity index is 2.09. The van der Waals surface area contributed by atoms with Crippen LogP contribution in [0.15, 0.2) is 23.0 Å². The lowest BCUT2D eigenvalue weighted by molar-refractivity contribution is 0.470. The molecule has 19 heavy (non-hydrogen) atoms. The van der Waals surface area contributed by atoms with E-state index < -0.39 is 0 Å². The Morgan fingerprint density at radius 2 is 2.26 bits per heavy atom. The van der Waals surface area contributed by atoms with Crippen molar-refractivity contribution in [2.24, 2.45) is 5.92 Å². The number of benzene rings is 1. The molecule has 1 unspecified atom stereocenters. The Bertz CT molecular complexity index is 677. The fourth-order valence-electron chi connectivity index (χ4n) is 2.45. The van der Waals surface area contributed by atoms with E-state index in [0.717, 1.165) is 19.5 Å². The van der Waals surface area contributed by atoms with Crippen molar-refractivity contribution in [1.82, 2.24) is 14.9 Å². The first-order valence-corrected chi connectivity index (χ1v) is 6.97. The Morgan fingerprint density at radius 1 is 1.42 bits per heavy atom. The van der Waals surface area contributed by atoms with Crippen molar-refractivity contribution in [1.29, 1.82) is 0 Å². The molecule has 1 aliphatic rings. The third-order valence-electron chi connectivity index (χ3n) is 3.47. The normalized spacial score (nSPS) is 19.2. The summed E-state index contributed by atoms with van der Waals surface area (Å²) < 4.78 is 1.55. The molecule has 1 atom stereocenters. The molecule has 0 radical (unpaired) electrons. The molecule has 0 amide bonds. The van der Waals surface area contributed by atoms with Crippen LogP contribution in [0.25, 0.3) is 10.9 Å². The average Bonchev–Trinajstić information content (AvgIpc) is 2.87. The molecule has 100 valence electrons. The summed E-state index contributed by atoms with van der Waals surface area (Å²) in [7, 11) is 0. The number of fused-ring (bicyclic) bond motifs is 1. The van der Waals surface area contributed by atoms with E-state index in [4.69, 9.17) is 23.2 Å². The van der Waals surface area contributed by atoms with E-state index in [9.17, 15) is 4.79 Å². The van der Waals surface area contributed by atoms with Crippen LogP contribution in [0.1, 0.15) is 6.42 Å². The first kappa shape index (κ1) is 12.9. The lowest BCUT2D eigenvalue weighted by Crippen LogP contribution is -2.26. The largest absolute Gasteiger partial charge is 0.316 e. The third kappa shape index (κ3) is 2.48. The van der Waals surface area contributed by atoms with Crippen LogP contribution in [0, 0.1) is 5.92 Å². The zero-order valence-corrected chi connectivity index (χ0v) is 11.7. The lowest BCUT2D eigenvalue weighted by atomic mass is 10.1. The molecule has 1 fully saturated rings. The van der Waals surface area contributed by atoms with E-state index in [1.165, 1.54) is 0 Å². The van der Waals surface area contributed by atoms with Gasteiger partial charge in [-0.1, -0.05) is 11.6 Å². The summed E-state index contributed by atoms with van der Waals surface area (Å²) >= 11 is 12.0. The molecule has 1 saturated heterocycles. The van der Waals surface area contributed by atoms with Gasteiger partial charge in [0.2, 0.25) is 5.28 Å². The summed E-state index contributed by atoms with van der Waals surface area (Å²) in [4.78, 5) is 16.7. The molecule has 1 aromatic heterocycles. The van der Waals surface area contributed by atoms with Crippen molar-refractivity contribution in [3.63, 3.8) is 0 Å². The van der Waals surface area contributed by atoms with Gasteiger partial charge in [-0.05, 0) is 55.2 Å². The molecule has 0 spiro atoms. The minimum Gasteiger partial charge on any atom is -0.316 e. The third-order valence-corrected chi connectivity index (χ3v) is 4.00. The number of hydrogen-bond acceptors (Lipinski definition) is 3. The van der Waals surface area contributed by atoms with E-state index >= 15 is 0 Å². The van der Waals surface area contributed by atoms with Gasteiger partial charge in [-0.3, -0.25) is 9.36 Å². The number of hydrogen-bond donors (Lipinski definition) is 1. The number of rotatable bonds is 2. The van der Waals surface area contributed by atoms with Crippen molar-refractivity contribution >= 4 is 34.1 Å². The van der Waals surface area contributed by atoms with Gasteiger partial charge in [0.1, 0.15) is 0 Å². The molecular weight excluding hydrogens is 285 g/mol. The van der Waals surface area contributed by atoms with Crippen molar-refractivity contribution < 1.29 is 0 Å². The van der Waals surface area contributed by atoms with Gasteiger partial charge in [0, 0.05) is 11.6 Å². The topological polar surface area (TPSA) is 46.9 Å². The Morgan fingerprint density at radius 3 is 3.00 bits per heavy atom. The number of nitrogens with zero attached hydrogens (tertiary/aromatic N) is 2. The van der Waals surface area contributed by atoms with Gasteiger partial charge in [-0.25, -0.2) is 4.98 Å². The maximum atomic E-state index is 12.4. The molecule has 0 saturated carbocycles. The number of aromatic nitrogens is 2. The van der Waals surface area contributed by atoms with Gasteiger partial charge < -0.3 is 5.32 Å². The summed E-state index contributed by atoms with van der Waals surface area (Å²) in [6, 6.07) is 5.06. The fraction of sp³-hybridized carbons (Fsp3) is 0.385. The Hall–Kier alpha value is -1.10.